The Labute approximate surface area is 119 Å². The second-order valence-corrected chi connectivity index (χ2v) is 5.59. The molecule has 0 spiro atoms. The zero-order chi connectivity index (χ0) is 14.5. The van der Waals surface area contributed by atoms with Crippen LogP contribution in [0.25, 0.3) is 0 Å². The van der Waals surface area contributed by atoms with Gasteiger partial charge in [-0.05, 0) is 56.5 Å². The summed E-state index contributed by atoms with van der Waals surface area (Å²) in [5.74, 6) is 0.232. The molecule has 1 amide bonds. The Morgan fingerprint density at radius 1 is 1.45 bits per heavy atom. The number of rotatable bonds is 3. The molecule has 1 heterocycles. The Bertz CT molecular complexity index is 478. The second kappa shape index (κ2) is 6.70. The number of halogens is 1. The van der Waals surface area contributed by atoms with Crippen molar-refractivity contribution in [2.24, 2.45) is 5.92 Å². The maximum absolute atomic E-state index is 12.9. The van der Waals surface area contributed by atoms with Gasteiger partial charge in [-0.2, -0.15) is 0 Å². The van der Waals surface area contributed by atoms with Crippen LogP contribution < -0.4 is 11.1 Å². The number of likely N-dealkylation sites (tertiary alicyclic amines) is 1. The van der Waals surface area contributed by atoms with Gasteiger partial charge < -0.3 is 11.1 Å². The summed E-state index contributed by atoms with van der Waals surface area (Å²) in [6.07, 6.45) is 3.49. The Morgan fingerprint density at radius 3 is 3.00 bits per heavy atom. The van der Waals surface area contributed by atoms with Crippen molar-refractivity contribution < 1.29 is 9.18 Å². The first-order valence-corrected chi connectivity index (χ1v) is 7.12. The number of benzene rings is 1. The molecule has 1 aromatic rings. The summed E-state index contributed by atoms with van der Waals surface area (Å²) in [7, 11) is 0. The van der Waals surface area contributed by atoms with Gasteiger partial charge in [0.2, 0.25) is 5.91 Å². The van der Waals surface area contributed by atoms with Crippen molar-refractivity contribution in [2.45, 2.75) is 26.2 Å². The van der Waals surface area contributed by atoms with Crippen LogP contribution in [-0.4, -0.2) is 30.4 Å². The van der Waals surface area contributed by atoms with E-state index in [9.17, 15) is 9.18 Å². The third-order valence-corrected chi connectivity index (χ3v) is 3.76. The Morgan fingerprint density at radius 2 is 2.25 bits per heavy atom. The molecule has 1 saturated heterocycles. The van der Waals surface area contributed by atoms with Crippen molar-refractivity contribution in [1.82, 2.24) is 4.90 Å². The lowest BCUT2D eigenvalue weighted by Gasteiger charge is -2.19. The molecule has 1 aliphatic heterocycles. The zero-order valence-electron chi connectivity index (χ0n) is 11.9. The molecule has 1 unspecified atom stereocenters. The molecule has 1 fully saturated rings. The SMILES string of the molecule is CC1CCCN(CC(=O)Nc2ccc(F)cc2N)CC1. The van der Waals surface area contributed by atoms with Crippen molar-refractivity contribution in [3.05, 3.63) is 24.0 Å². The summed E-state index contributed by atoms with van der Waals surface area (Å²) in [4.78, 5) is 14.2. The topological polar surface area (TPSA) is 58.4 Å². The monoisotopic (exact) mass is 279 g/mol. The predicted octanol–water partition coefficient (Wildman–Crippen LogP) is 2.47. The van der Waals surface area contributed by atoms with Gasteiger partial charge in [-0.25, -0.2) is 4.39 Å². The molecule has 2 rings (SSSR count). The average molecular weight is 279 g/mol. The van der Waals surface area contributed by atoms with Gasteiger partial charge in [-0.3, -0.25) is 9.69 Å². The van der Waals surface area contributed by atoms with Crippen LogP contribution in [0.4, 0.5) is 15.8 Å². The third-order valence-electron chi connectivity index (χ3n) is 3.76. The highest BCUT2D eigenvalue weighted by Crippen LogP contribution is 2.19. The standard InChI is InChI=1S/C15H22FN3O/c1-11-3-2-7-19(8-6-11)10-15(20)18-14-5-4-12(16)9-13(14)17/h4-5,9,11H,2-3,6-8,10,17H2,1H3,(H,18,20). The molecule has 0 aliphatic carbocycles. The molecule has 110 valence electrons. The van der Waals surface area contributed by atoms with Crippen LogP contribution in [0.3, 0.4) is 0 Å². The van der Waals surface area contributed by atoms with E-state index in [1.165, 1.54) is 24.6 Å². The van der Waals surface area contributed by atoms with Crippen LogP contribution in [0, 0.1) is 11.7 Å². The van der Waals surface area contributed by atoms with Crippen LogP contribution in [-0.2, 0) is 4.79 Å². The van der Waals surface area contributed by atoms with E-state index >= 15 is 0 Å². The molecule has 1 atom stereocenters. The molecule has 0 aromatic heterocycles. The summed E-state index contributed by atoms with van der Waals surface area (Å²) in [6.45, 7) is 4.52. The van der Waals surface area contributed by atoms with E-state index in [2.05, 4.69) is 17.1 Å². The zero-order valence-corrected chi connectivity index (χ0v) is 11.9. The molecule has 4 nitrogen and oxygen atoms in total. The largest absolute Gasteiger partial charge is 0.397 e. The second-order valence-electron chi connectivity index (χ2n) is 5.59. The third kappa shape index (κ3) is 4.20. The number of nitrogens with one attached hydrogen (secondary N) is 1. The van der Waals surface area contributed by atoms with Crippen molar-refractivity contribution in [3.63, 3.8) is 0 Å². The molecule has 1 aromatic carbocycles. The van der Waals surface area contributed by atoms with Gasteiger partial charge in [0, 0.05) is 0 Å². The average Bonchev–Trinajstić information content (AvgIpc) is 2.58. The summed E-state index contributed by atoms with van der Waals surface area (Å²) in [6, 6.07) is 4.00. The van der Waals surface area contributed by atoms with Crippen LogP contribution in [0.15, 0.2) is 18.2 Å². The summed E-state index contributed by atoms with van der Waals surface area (Å²) >= 11 is 0. The van der Waals surface area contributed by atoms with E-state index in [1.807, 2.05) is 0 Å². The van der Waals surface area contributed by atoms with Gasteiger partial charge in [-0.1, -0.05) is 6.92 Å². The summed E-state index contributed by atoms with van der Waals surface area (Å²) in [5.41, 5.74) is 6.40. The number of amides is 1. The summed E-state index contributed by atoms with van der Waals surface area (Å²) in [5, 5.41) is 2.74. The lowest BCUT2D eigenvalue weighted by Crippen LogP contribution is -2.34. The molecule has 5 heteroatoms. The maximum atomic E-state index is 12.9. The van der Waals surface area contributed by atoms with Gasteiger partial charge >= 0.3 is 0 Å². The number of nitrogens with zero attached hydrogens (tertiary/aromatic N) is 1. The van der Waals surface area contributed by atoms with E-state index in [-0.39, 0.29) is 11.6 Å². The van der Waals surface area contributed by atoms with Crippen LogP contribution in [0.5, 0.6) is 0 Å². The van der Waals surface area contributed by atoms with Crippen molar-refractivity contribution in [1.29, 1.82) is 0 Å². The van der Waals surface area contributed by atoms with E-state index < -0.39 is 5.82 Å². The molecule has 0 radical (unpaired) electrons. The van der Waals surface area contributed by atoms with Crippen LogP contribution in [0.1, 0.15) is 26.2 Å². The first-order valence-electron chi connectivity index (χ1n) is 7.12. The van der Waals surface area contributed by atoms with E-state index in [1.54, 1.807) is 0 Å². The molecule has 20 heavy (non-hydrogen) atoms. The highest BCUT2D eigenvalue weighted by Gasteiger charge is 2.16. The summed E-state index contributed by atoms with van der Waals surface area (Å²) < 4.78 is 12.9. The van der Waals surface area contributed by atoms with Crippen molar-refractivity contribution in [3.8, 4) is 0 Å². The number of hydrogen-bond donors (Lipinski definition) is 2. The Kier molecular flexibility index (Phi) is 4.95. The molecular weight excluding hydrogens is 257 g/mol. The van der Waals surface area contributed by atoms with Crippen molar-refractivity contribution in [2.75, 3.05) is 30.7 Å². The highest BCUT2D eigenvalue weighted by molar-refractivity contribution is 5.95. The number of carbonyl (C=O) groups is 1. The highest BCUT2D eigenvalue weighted by atomic mass is 19.1. The molecule has 1 aliphatic rings. The molecule has 3 N–H and O–H groups in total. The van der Waals surface area contributed by atoms with Gasteiger partial charge in [0.05, 0.1) is 17.9 Å². The Balaban J connectivity index is 1.88. The number of carbonyl (C=O) groups excluding carboxylic acids is 1. The first-order chi connectivity index (χ1) is 9.54. The fourth-order valence-corrected chi connectivity index (χ4v) is 2.52. The fraction of sp³-hybridized carbons (Fsp3) is 0.533. The van der Waals surface area contributed by atoms with Gasteiger partial charge in [0.15, 0.2) is 0 Å². The minimum atomic E-state index is -0.401. The Hall–Kier alpha value is -1.62. The van der Waals surface area contributed by atoms with Gasteiger partial charge in [0.1, 0.15) is 5.82 Å². The minimum absolute atomic E-state index is 0.0992. The maximum Gasteiger partial charge on any atom is 0.238 e. The minimum Gasteiger partial charge on any atom is -0.397 e. The fourth-order valence-electron chi connectivity index (χ4n) is 2.52. The van der Waals surface area contributed by atoms with Gasteiger partial charge in [-0.15, -0.1) is 0 Å². The van der Waals surface area contributed by atoms with E-state index in [0.29, 0.717) is 12.2 Å². The number of anilines is 2. The van der Waals surface area contributed by atoms with E-state index in [0.717, 1.165) is 31.8 Å². The van der Waals surface area contributed by atoms with Crippen LogP contribution in [0.2, 0.25) is 0 Å². The van der Waals surface area contributed by atoms with E-state index in [4.69, 9.17) is 5.73 Å². The normalized spacial score (nSPS) is 20.4. The molecule has 0 saturated carbocycles. The van der Waals surface area contributed by atoms with Crippen molar-refractivity contribution >= 4 is 17.3 Å². The number of nitrogen functional groups attached to an aromatic ring is 1. The lowest BCUT2D eigenvalue weighted by molar-refractivity contribution is -0.117. The lowest BCUT2D eigenvalue weighted by atomic mass is 10.0. The van der Waals surface area contributed by atoms with Gasteiger partial charge in [0.25, 0.3) is 0 Å². The molecular formula is C15H22FN3O. The van der Waals surface area contributed by atoms with Crippen LogP contribution >= 0.6 is 0 Å². The number of nitrogens with two attached hydrogens (primary N) is 1. The first kappa shape index (κ1) is 14.8. The number of hydrogen-bond acceptors (Lipinski definition) is 3. The smallest absolute Gasteiger partial charge is 0.238 e. The quantitative estimate of drug-likeness (QED) is 0.836. The predicted molar refractivity (Wildman–Crippen MR) is 78.9 cm³/mol. The molecule has 0 bridgehead atoms.